The quantitative estimate of drug-likeness (QED) is 0.599. The number of anilines is 1. The lowest BCUT2D eigenvalue weighted by Gasteiger charge is -2.26. The summed E-state index contributed by atoms with van der Waals surface area (Å²) in [5.74, 6) is 0.301. The number of benzene rings is 2. The average molecular weight is 428 g/mol. The number of ether oxygens (including phenoxy) is 1. The number of para-hydroxylation sites is 1. The van der Waals surface area contributed by atoms with Crippen molar-refractivity contribution in [3.63, 3.8) is 0 Å². The molecule has 1 aromatic heterocycles. The molecule has 2 N–H and O–H groups in total. The van der Waals surface area contributed by atoms with Crippen molar-refractivity contribution in [2.45, 2.75) is 0 Å². The zero-order chi connectivity index (χ0) is 20.9. The second-order valence-corrected chi connectivity index (χ2v) is 7.53. The molecule has 0 atom stereocenters. The van der Waals surface area contributed by atoms with Crippen LogP contribution in [0, 0.1) is 5.82 Å². The Hall–Kier alpha value is -2.67. The minimum absolute atomic E-state index is 0.112. The Kier molecular flexibility index (Phi) is 6.47. The lowest BCUT2D eigenvalue weighted by molar-refractivity contribution is 0.0398. The molecule has 0 radical (unpaired) electrons. The molecule has 0 bridgehead atoms. The zero-order valence-corrected chi connectivity index (χ0v) is 17.2. The van der Waals surface area contributed by atoms with Crippen molar-refractivity contribution in [2.24, 2.45) is 0 Å². The Morgan fingerprint density at radius 3 is 2.67 bits per heavy atom. The molecule has 1 saturated heterocycles. The Morgan fingerprint density at radius 1 is 1.10 bits per heavy atom. The fourth-order valence-corrected chi connectivity index (χ4v) is 3.81. The first kappa shape index (κ1) is 20.6. The highest BCUT2D eigenvalue weighted by atomic mass is 35.5. The Labute approximate surface area is 180 Å². The third-order valence-corrected chi connectivity index (χ3v) is 5.41. The highest BCUT2D eigenvalue weighted by Gasteiger charge is 2.15. The zero-order valence-electron chi connectivity index (χ0n) is 16.4. The van der Waals surface area contributed by atoms with Gasteiger partial charge in [-0.2, -0.15) is 0 Å². The van der Waals surface area contributed by atoms with Crippen LogP contribution >= 0.6 is 11.6 Å². The summed E-state index contributed by atoms with van der Waals surface area (Å²) in [6.07, 6.45) is 0. The van der Waals surface area contributed by atoms with Crippen molar-refractivity contribution in [3.05, 3.63) is 65.4 Å². The molecule has 156 valence electrons. The van der Waals surface area contributed by atoms with Gasteiger partial charge in [0, 0.05) is 37.3 Å². The predicted octanol–water partition coefficient (Wildman–Crippen LogP) is 4.66. The second kappa shape index (κ2) is 9.43. The number of halogens is 2. The van der Waals surface area contributed by atoms with Crippen molar-refractivity contribution in [3.8, 4) is 28.1 Å². The lowest BCUT2D eigenvalue weighted by Crippen LogP contribution is -2.39. The summed E-state index contributed by atoms with van der Waals surface area (Å²) in [4.78, 5) is 6.97. The first-order chi connectivity index (χ1) is 14.6. The van der Waals surface area contributed by atoms with Gasteiger partial charge in [0.05, 0.1) is 23.9 Å². The number of aromatic nitrogens is 1. The number of hydrogen-bond donors (Lipinski definition) is 2. The number of pyridine rings is 1. The molecule has 0 spiro atoms. The van der Waals surface area contributed by atoms with E-state index in [1.807, 2.05) is 6.07 Å². The van der Waals surface area contributed by atoms with Gasteiger partial charge < -0.3 is 15.2 Å². The minimum atomic E-state index is -0.406. The van der Waals surface area contributed by atoms with Crippen molar-refractivity contribution in [1.82, 2.24) is 9.88 Å². The molecule has 5 nitrogen and oxygen atoms in total. The molecule has 0 saturated carbocycles. The highest BCUT2D eigenvalue weighted by molar-refractivity contribution is 6.33. The van der Waals surface area contributed by atoms with E-state index in [0.29, 0.717) is 39.8 Å². The van der Waals surface area contributed by atoms with E-state index < -0.39 is 5.82 Å². The Bertz CT molecular complexity index is 1000. The van der Waals surface area contributed by atoms with E-state index >= 15 is 0 Å². The fourth-order valence-electron chi connectivity index (χ4n) is 3.53. The molecular formula is C23H23ClFN3O2. The number of aromatic hydroxyl groups is 1. The summed E-state index contributed by atoms with van der Waals surface area (Å²) in [5.41, 5.74) is 2.02. The number of hydrogen-bond acceptors (Lipinski definition) is 5. The topological polar surface area (TPSA) is 57.6 Å². The van der Waals surface area contributed by atoms with Crippen LogP contribution < -0.4 is 5.32 Å². The van der Waals surface area contributed by atoms with E-state index in [1.165, 1.54) is 6.07 Å². The van der Waals surface area contributed by atoms with Gasteiger partial charge >= 0.3 is 0 Å². The van der Waals surface area contributed by atoms with Crippen LogP contribution in [0.3, 0.4) is 0 Å². The Balaban J connectivity index is 1.66. The summed E-state index contributed by atoms with van der Waals surface area (Å²) in [6, 6.07) is 15.1. The van der Waals surface area contributed by atoms with Crippen molar-refractivity contribution >= 4 is 17.4 Å². The molecule has 7 heteroatoms. The van der Waals surface area contributed by atoms with Gasteiger partial charge in [-0.05, 0) is 42.0 Å². The number of rotatable bonds is 6. The van der Waals surface area contributed by atoms with Gasteiger partial charge in [0.15, 0.2) is 0 Å². The van der Waals surface area contributed by atoms with Gasteiger partial charge in [0.2, 0.25) is 0 Å². The molecule has 0 unspecified atom stereocenters. The van der Waals surface area contributed by atoms with Crippen LogP contribution in [-0.4, -0.2) is 54.4 Å². The smallest absolute Gasteiger partial charge is 0.132 e. The molecule has 0 aliphatic carbocycles. The lowest BCUT2D eigenvalue weighted by atomic mass is 10.0. The van der Waals surface area contributed by atoms with Gasteiger partial charge in [0.25, 0.3) is 0 Å². The van der Waals surface area contributed by atoms with Crippen LogP contribution in [-0.2, 0) is 4.74 Å². The average Bonchev–Trinajstić information content (AvgIpc) is 2.75. The molecule has 1 fully saturated rings. The van der Waals surface area contributed by atoms with Gasteiger partial charge in [-0.15, -0.1) is 0 Å². The van der Waals surface area contributed by atoms with Crippen LogP contribution in [0.5, 0.6) is 5.75 Å². The molecule has 0 amide bonds. The monoisotopic (exact) mass is 427 g/mol. The summed E-state index contributed by atoms with van der Waals surface area (Å²) in [5, 5.41) is 13.9. The summed E-state index contributed by atoms with van der Waals surface area (Å²) in [6.45, 7) is 4.84. The molecule has 3 aromatic rings. The summed E-state index contributed by atoms with van der Waals surface area (Å²) >= 11 is 6.30. The minimum Gasteiger partial charge on any atom is -0.507 e. The summed E-state index contributed by atoms with van der Waals surface area (Å²) < 4.78 is 20.0. The summed E-state index contributed by atoms with van der Waals surface area (Å²) in [7, 11) is 0. The van der Waals surface area contributed by atoms with E-state index in [0.717, 1.165) is 32.8 Å². The number of nitrogens with zero attached hydrogens (tertiary/aromatic N) is 2. The maximum atomic E-state index is 14.6. The van der Waals surface area contributed by atoms with E-state index in [4.69, 9.17) is 16.3 Å². The molecule has 30 heavy (non-hydrogen) atoms. The van der Waals surface area contributed by atoms with Crippen molar-refractivity contribution < 1.29 is 14.2 Å². The van der Waals surface area contributed by atoms with Gasteiger partial charge in [0.1, 0.15) is 17.4 Å². The molecule has 1 aliphatic heterocycles. The normalized spacial score (nSPS) is 14.6. The van der Waals surface area contributed by atoms with Crippen LogP contribution in [0.2, 0.25) is 5.02 Å². The van der Waals surface area contributed by atoms with Crippen LogP contribution in [0.15, 0.2) is 54.6 Å². The van der Waals surface area contributed by atoms with E-state index in [2.05, 4.69) is 15.2 Å². The first-order valence-electron chi connectivity index (χ1n) is 9.90. The third kappa shape index (κ3) is 4.73. The molecular weight excluding hydrogens is 405 g/mol. The van der Waals surface area contributed by atoms with Gasteiger partial charge in [-0.25, -0.2) is 9.37 Å². The third-order valence-electron chi connectivity index (χ3n) is 5.09. The van der Waals surface area contributed by atoms with Crippen molar-refractivity contribution in [2.75, 3.05) is 44.7 Å². The number of phenolic OH excluding ortho intramolecular Hbond substituents is 1. The number of phenols is 1. The highest BCUT2D eigenvalue weighted by Crippen LogP contribution is 2.36. The maximum absolute atomic E-state index is 14.6. The van der Waals surface area contributed by atoms with E-state index in [-0.39, 0.29) is 5.75 Å². The maximum Gasteiger partial charge on any atom is 0.132 e. The molecule has 4 rings (SSSR count). The van der Waals surface area contributed by atoms with E-state index in [1.54, 1.807) is 42.5 Å². The van der Waals surface area contributed by atoms with Crippen LogP contribution in [0.25, 0.3) is 22.4 Å². The Morgan fingerprint density at radius 2 is 1.90 bits per heavy atom. The van der Waals surface area contributed by atoms with Crippen molar-refractivity contribution in [1.29, 1.82) is 0 Å². The SMILES string of the molecule is Oc1ccccc1-c1cc(-c2c(F)cccc2Cl)cc(NCCN2CCOCC2)n1. The largest absolute Gasteiger partial charge is 0.507 e. The predicted molar refractivity (Wildman–Crippen MR) is 117 cm³/mol. The molecule has 1 aliphatic rings. The standard InChI is InChI=1S/C23H23ClFN3O2/c24-18-5-3-6-19(25)23(18)16-14-20(17-4-1-2-7-21(17)29)27-22(15-16)26-8-9-28-10-12-30-13-11-28/h1-7,14-15,29H,8-13H2,(H,26,27). The van der Waals surface area contributed by atoms with Gasteiger partial charge in [-0.1, -0.05) is 29.8 Å². The first-order valence-corrected chi connectivity index (χ1v) is 10.3. The molecule has 2 heterocycles. The molecule has 2 aromatic carbocycles. The number of morpholine rings is 1. The van der Waals surface area contributed by atoms with E-state index in [9.17, 15) is 9.50 Å². The van der Waals surface area contributed by atoms with Crippen LogP contribution in [0.4, 0.5) is 10.2 Å². The second-order valence-electron chi connectivity index (χ2n) is 7.12. The van der Waals surface area contributed by atoms with Crippen LogP contribution in [0.1, 0.15) is 0 Å². The fraction of sp³-hybridized carbons (Fsp3) is 0.261. The number of nitrogens with one attached hydrogen (secondary N) is 1. The van der Waals surface area contributed by atoms with Gasteiger partial charge in [-0.3, -0.25) is 4.90 Å².